The highest BCUT2D eigenvalue weighted by atomic mass is 32.2. The number of sulfone groups is 1. The number of thiazole rings is 1. The molecule has 0 atom stereocenters. The van der Waals surface area contributed by atoms with Gasteiger partial charge in [0, 0.05) is 11.9 Å². The van der Waals surface area contributed by atoms with Crippen LogP contribution in [0, 0.1) is 0 Å². The van der Waals surface area contributed by atoms with Crippen LogP contribution in [0.15, 0.2) is 79.4 Å². The summed E-state index contributed by atoms with van der Waals surface area (Å²) in [6.07, 6.45) is 2.40. The van der Waals surface area contributed by atoms with Gasteiger partial charge in [-0.3, -0.25) is 4.72 Å². The van der Waals surface area contributed by atoms with E-state index in [1.165, 1.54) is 23.0 Å². The van der Waals surface area contributed by atoms with E-state index in [4.69, 9.17) is 0 Å². The molecule has 1 N–H and O–H groups in total. The standard InChI is InChI=1S/C17H14N6O4S4/c1-30(24,25)15-11-18-17(28-15)29-16-19-21-22-23(16)13-7-9-14(10-8-13)31(26,27)20-12-5-3-2-4-6-12/h2-11,20H,1H3. The molecule has 0 saturated carbocycles. The van der Waals surface area contributed by atoms with Gasteiger partial charge in [0.25, 0.3) is 10.0 Å². The monoisotopic (exact) mass is 494 g/mol. The van der Waals surface area contributed by atoms with Gasteiger partial charge in [0.05, 0.1) is 16.8 Å². The van der Waals surface area contributed by atoms with E-state index in [9.17, 15) is 16.8 Å². The normalized spacial score (nSPS) is 12.0. The third kappa shape index (κ3) is 4.92. The van der Waals surface area contributed by atoms with E-state index < -0.39 is 19.9 Å². The van der Waals surface area contributed by atoms with E-state index in [0.717, 1.165) is 29.4 Å². The molecular weight excluding hydrogens is 480 g/mol. The molecule has 0 spiro atoms. The lowest BCUT2D eigenvalue weighted by Crippen LogP contribution is -2.13. The summed E-state index contributed by atoms with van der Waals surface area (Å²) in [5.74, 6) is 0. The number of nitrogens with one attached hydrogen (secondary N) is 1. The molecule has 2 heterocycles. The summed E-state index contributed by atoms with van der Waals surface area (Å²) in [6, 6.07) is 14.6. The molecule has 0 aliphatic heterocycles. The Kier molecular flexibility index (Phi) is 5.79. The van der Waals surface area contributed by atoms with Gasteiger partial charge in [-0.2, -0.15) is 4.68 Å². The molecule has 0 bridgehead atoms. The minimum Gasteiger partial charge on any atom is -0.280 e. The molecule has 31 heavy (non-hydrogen) atoms. The number of para-hydroxylation sites is 1. The van der Waals surface area contributed by atoms with Crippen LogP contribution < -0.4 is 4.72 Å². The van der Waals surface area contributed by atoms with Crippen LogP contribution in [0.3, 0.4) is 0 Å². The Bertz CT molecular complexity index is 1410. The van der Waals surface area contributed by atoms with Gasteiger partial charge in [-0.25, -0.2) is 21.8 Å². The number of benzene rings is 2. The Morgan fingerprint density at radius 2 is 1.71 bits per heavy atom. The van der Waals surface area contributed by atoms with Crippen LogP contribution in [0.4, 0.5) is 5.69 Å². The van der Waals surface area contributed by atoms with Crippen LogP contribution in [0.1, 0.15) is 0 Å². The van der Waals surface area contributed by atoms with Gasteiger partial charge < -0.3 is 0 Å². The predicted molar refractivity (Wildman–Crippen MR) is 116 cm³/mol. The first-order valence-corrected chi connectivity index (χ1v) is 13.5. The van der Waals surface area contributed by atoms with Crippen molar-refractivity contribution in [1.82, 2.24) is 25.2 Å². The molecule has 160 valence electrons. The number of anilines is 1. The Labute approximate surface area is 186 Å². The van der Waals surface area contributed by atoms with Crippen molar-refractivity contribution in [3.8, 4) is 5.69 Å². The molecule has 0 saturated heterocycles. The minimum absolute atomic E-state index is 0.0834. The van der Waals surface area contributed by atoms with E-state index in [2.05, 4.69) is 25.2 Å². The number of hydrogen-bond donors (Lipinski definition) is 1. The summed E-state index contributed by atoms with van der Waals surface area (Å²) >= 11 is 2.12. The average molecular weight is 495 g/mol. The second-order valence-electron chi connectivity index (χ2n) is 6.16. The Hall–Kier alpha value is -2.81. The maximum absolute atomic E-state index is 12.6. The lowest BCUT2D eigenvalue weighted by atomic mass is 10.3. The maximum Gasteiger partial charge on any atom is 0.261 e. The number of hydrogen-bond acceptors (Lipinski definition) is 10. The van der Waals surface area contributed by atoms with Crippen LogP contribution in [0.5, 0.6) is 0 Å². The number of rotatable bonds is 7. The lowest BCUT2D eigenvalue weighted by Gasteiger charge is -2.09. The molecule has 0 amide bonds. The third-order valence-electron chi connectivity index (χ3n) is 3.87. The zero-order valence-electron chi connectivity index (χ0n) is 15.8. The predicted octanol–water partition coefficient (Wildman–Crippen LogP) is 2.47. The number of nitrogens with zero attached hydrogens (tertiary/aromatic N) is 5. The van der Waals surface area contributed by atoms with Gasteiger partial charge in [-0.15, -0.1) is 5.10 Å². The molecule has 2 aromatic heterocycles. The smallest absolute Gasteiger partial charge is 0.261 e. The van der Waals surface area contributed by atoms with Gasteiger partial charge in [0.15, 0.2) is 14.2 Å². The van der Waals surface area contributed by atoms with Gasteiger partial charge in [0.2, 0.25) is 5.16 Å². The fraction of sp³-hybridized carbons (Fsp3) is 0.0588. The van der Waals surface area contributed by atoms with Crippen molar-refractivity contribution in [2.75, 3.05) is 11.0 Å². The number of sulfonamides is 1. The third-order valence-corrected chi connectivity index (χ3v) is 9.06. The summed E-state index contributed by atoms with van der Waals surface area (Å²) < 4.78 is 52.9. The van der Waals surface area contributed by atoms with E-state index in [1.54, 1.807) is 42.5 Å². The zero-order valence-corrected chi connectivity index (χ0v) is 19.0. The Morgan fingerprint density at radius 1 is 1.00 bits per heavy atom. The second-order valence-corrected chi connectivity index (χ2v) is 12.3. The highest BCUT2D eigenvalue weighted by molar-refractivity contribution is 8.01. The fourth-order valence-corrected chi connectivity index (χ4v) is 6.35. The molecule has 2 aromatic carbocycles. The van der Waals surface area contributed by atoms with Gasteiger partial charge in [0.1, 0.15) is 4.21 Å². The average Bonchev–Trinajstić information content (AvgIpc) is 3.38. The molecule has 10 nitrogen and oxygen atoms in total. The summed E-state index contributed by atoms with van der Waals surface area (Å²) in [5, 5.41) is 11.9. The second kappa shape index (κ2) is 8.37. The molecule has 14 heteroatoms. The van der Waals surface area contributed by atoms with Crippen molar-refractivity contribution >= 4 is 48.6 Å². The van der Waals surface area contributed by atoms with Crippen LogP contribution in [-0.2, 0) is 19.9 Å². The zero-order chi connectivity index (χ0) is 22.1. The van der Waals surface area contributed by atoms with Crippen molar-refractivity contribution in [2.45, 2.75) is 18.6 Å². The molecule has 0 unspecified atom stereocenters. The summed E-state index contributed by atoms with van der Waals surface area (Å²) in [4.78, 5) is 4.17. The van der Waals surface area contributed by atoms with Crippen LogP contribution in [0.25, 0.3) is 5.69 Å². The van der Waals surface area contributed by atoms with E-state index in [0.29, 0.717) is 20.9 Å². The lowest BCUT2D eigenvalue weighted by molar-refractivity contribution is 0.600. The highest BCUT2D eigenvalue weighted by Gasteiger charge is 2.18. The van der Waals surface area contributed by atoms with E-state index in [1.807, 2.05) is 0 Å². The van der Waals surface area contributed by atoms with Crippen molar-refractivity contribution < 1.29 is 16.8 Å². The first-order chi connectivity index (χ1) is 14.7. The first kappa shape index (κ1) is 21.4. The van der Waals surface area contributed by atoms with Crippen molar-refractivity contribution in [3.05, 3.63) is 60.8 Å². The Balaban J connectivity index is 1.55. The van der Waals surface area contributed by atoms with Crippen molar-refractivity contribution in [2.24, 2.45) is 0 Å². The van der Waals surface area contributed by atoms with Crippen molar-refractivity contribution in [3.63, 3.8) is 0 Å². The first-order valence-electron chi connectivity index (χ1n) is 8.53. The van der Waals surface area contributed by atoms with Gasteiger partial charge in [-0.05, 0) is 58.6 Å². The van der Waals surface area contributed by atoms with Gasteiger partial charge >= 0.3 is 0 Å². The molecule has 0 aliphatic rings. The van der Waals surface area contributed by atoms with Crippen LogP contribution in [-0.4, -0.2) is 48.3 Å². The SMILES string of the molecule is CS(=O)(=O)c1cnc(Sc2nnnn2-c2ccc(S(=O)(=O)Nc3ccccc3)cc2)s1. The fourth-order valence-electron chi connectivity index (χ4n) is 2.43. The molecular formula is C17H14N6O4S4. The van der Waals surface area contributed by atoms with Crippen molar-refractivity contribution in [1.29, 1.82) is 0 Å². The highest BCUT2D eigenvalue weighted by Crippen LogP contribution is 2.32. The summed E-state index contributed by atoms with van der Waals surface area (Å²) in [7, 11) is -7.09. The van der Waals surface area contributed by atoms with E-state index in [-0.39, 0.29) is 9.10 Å². The maximum atomic E-state index is 12.6. The topological polar surface area (TPSA) is 137 Å². The Morgan fingerprint density at radius 3 is 2.35 bits per heavy atom. The molecule has 4 aromatic rings. The summed E-state index contributed by atoms with van der Waals surface area (Å²) in [6.45, 7) is 0. The summed E-state index contributed by atoms with van der Waals surface area (Å²) in [5.41, 5.74) is 0.994. The van der Waals surface area contributed by atoms with Crippen LogP contribution >= 0.6 is 23.1 Å². The quantitative estimate of drug-likeness (QED) is 0.411. The molecule has 4 rings (SSSR count). The van der Waals surface area contributed by atoms with Gasteiger partial charge in [-0.1, -0.05) is 29.5 Å². The van der Waals surface area contributed by atoms with Crippen LogP contribution in [0.2, 0.25) is 0 Å². The molecule has 0 fully saturated rings. The molecule has 0 radical (unpaired) electrons. The minimum atomic E-state index is -3.75. The van der Waals surface area contributed by atoms with E-state index >= 15 is 0 Å². The largest absolute Gasteiger partial charge is 0.280 e. The number of tetrazole rings is 1. The number of aromatic nitrogens is 5. The molecule has 0 aliphatic carbocycles.